The van der Waals surface area contributed by atoms with Crippen LogP contribution in [-0.2, 0) is 4.79 Å². The highest BCUT2D eigenvalue weighted by molar-refractivity contribution is 5.87. The van der Waals surface area contributed by atoms with Crippen LogP contribution in [-0.4, -0.2) is 38.3 Å². The largest absolute Gasteiger partial charge is 0.339 e. The lowest BCUT2D eigenvalue weighted by Gasteiger charge is -2.30. The summed E-state index contributed by atoms with van der Waals surface area (Å²) < 4.78 is 1.94. The monoisotopic (exact) mass is 256 g/mol. The van der Waals surface area contributed by atoms with Gasteiger partial charge in [0.05, 0.1) is 5.69 Å². The lowest BCUT2D eigenvalue weighted by Crippen LogP contribution is -2.36. The SMILES string of the molecule is C=CC(=O)N1CCC(c2cn3cccnc3n2)CC1. The average Bonchev–Trinajstić information content (AvgIpc) is 2.90. The van der Waals surface area contributed by atoms with Gasteiger partial charge in [-0.05, 0) is 25.0 Å². The maximum atomic E-state index is 11.5. The van der Waals surface area contributed by atoms with Crippen LogP contribution in [0.15, 0.2) is 37.3 Å². The van der Waals surface area contributed by atoms with Gasteiger partial charge < -0.3 is 4.90 Å². The molecular formula is C14H16N4O. The molecule has 3 heterocycles. The molecule has 19 heavy (non-hydrogen) atoms. The van der Waals surface area contributed by atoms with E-state index < -0.39 is 0 Å². The molecule has 0 saturated carbocycles. The molecule has 3 rings (SSSR count). The van der Waals surface area contributed by atoms with E-state index in [2.05, 4.69) is 16.5 Å². The summed E-state index contributed by atoms with van der Waals surface area (Å²) in [5, 5.41) is 0. The molecule has 2 aromatic heterocycles. The van der Waals surface area contributed by atoms with Crippen LogP contribution >= 0.6 is 0 Å². The predicted molar refractivity (Wildman–Crippen MR) is 71.7 cm³/mol. The molecule has 0 aromatic carbocycles. The molecule has 0 atom stereocenters. The van der Waals surface area contributed by atoms with E-state index in [-0.39, 0.29) is 5.91 Å². The number of likely N-dealkylation sites (tertiary alicyclic amines) is 1. The lowest BCUT2D eigenvalue weighted by atomic mass is 9.94. The first-order chi connectivity index (χ1) is 9.28. The van der Waals surface area contributed by atoms with E-state index in [1.54, 1.807) is 6.20 Å². The number of carbonyl (C=O) groups is 1. The van der Waals surface area contributed by atoms with E-state index in [9.17, 15) is 4.79 Å². The molecule has 0 bridgehead atoms. The molecule has 1 aliphatic heterocycles. The van der Waals surface area contributed by atoms with Gasteiger partial charge in [-0.1, -0.05) is 6.58 Å². The fourth-order valence-corrected chi connectivity index (χ4v) is 2.57. The number of imidazole rings is 1. The third kappa shape index (κ3) is 2.23. The number of hydrogen-bond acceptors (Lipinski definition) is 3. The van der Waals surface area contributed by atoms with Crippen molar-refractivity contribution in [3.8, 4) is 0 Å². The zero-order valence-electron chi connectivity index (χ0n) is 10.7. The Hall–Kier alpha value is -2.17. The maximum Gasteiger partial charge on any atom is 0.245 e. The molecule has 98 valence electrons. The summed E-state index contributed by atoms with van der Waals surface area (Å²) in [6.07, 6.45) is 9.02. The smallest absolute Gasteiger partial charge is 0.245 e. The predicted octanol–water partition coefficient (Wildman–Crippen LogP) is 1.62. The van der Waals surface area contributed by atoms with Gasteiger partial charge in [0.25, 0.3) is 0 Å². The Morgan fingerprint density at radius 2 is 2.21 bits per heavy atom. The molecule has 5 nitrogen and oxygen atoms in total. The minimum atomic E-state index is 0.0233. The number of hydrogen-bond donors (Lipinski definition) is 0. The van der Waals surface area contributed by atoms with Gasteiger partial charge in [0, 0.05) is 37.6 Å². The average molecular weight is 256 g/mol. The molecule has 0 N–H and O–H groups in total. The van der Waals surface area contributed by atoms with Crippen LogP contribution in [0, 0.1) is 0 Å². The third-order valence-corrected chi connectivity index (χ3v) is 3.65. The Morgan fingerprint density at radius 1 is 1.42 bits per heavy atom. The lowest BCUT2D eigenvalue weighted by molar-refractivity contribution is -0.127. The third-order valence-electron chi connectivity index (χ3n) is 3.65. The summed E-state index contributed by atoms with van der Waals surface area (Å²) in [6, 6.07) is 1.89. The summed E-state index contributed by atoms with van der Waals surface area (Å²) in [4.78, 5) is 22.2. The molecular weight excluding hydrogens is 240 g/mol. The van der Waals surface area contributed by atoms with Crippen LogP contribution in [0.3, 0.4) is 0 Å². The number of piperidine rings is 1. The first kappa shape index (κ1) is 11.9. The van der Waals surface area contributed by atoms with E-state index in [0.29, 0.717) is 5.92 Å². The molecule has 2 aromatic rings. The van der Waals surface area contributed by atoms with Crippen LogP contribution in [0.25, 0.3) is 5.78 Å². The van der Waals surface area contributed by atoms with Crippen LogP contribution in [0.2, 0.25) is 0 Å². The van der Waals surface area contributed by atoms with Gasteiger partial charge in [-0.15, -0.1) is 0 Å². The van der Waals surface area contributed by atoms with E-state index in [0.717, 1.165) is 37.4 Å². The van der Waals surface area contributed by atoms with E-state index in [4.69, 9.17) is 0 Å². The van der Waals surface area contributed by atoms with Crippen LogP contribution in [0.1, 0.15) is 24.5 Å². The number of carbonyl (C=O) groups excluding carboxylic acids is 1. The van der Waals surface area contributed by atoms with Crippen molar-refractivity contribution in [2.45, 2.75) is 18.8 Å². The number of amides is 1. The van der Waals surface area contributed by atoms with Crippen molar-refractivity contribution in [1.82, 2.24) is 19.3 Å². The van der Waals surface area contributed by atoms with Crippen LogP contribution < -0.4 is 0 Å². The maximum absolute atomic E-state index is 11.5. The normalized spacial score (nSPS) is 16.7. The van der Waals surface area contributed by atoms with E-state index in [1.165, 1.54) is 6.08 Å². The Labute approximate surface area is 111 Å². The van der Waals surface area contributed by atoms with Gasteiger partial charge in [0.1, 0.15) is 0 Å². The van der Waals surface area contributed by atoms with Gasteiger partial charge >= 0.3 is 0 Å². The number of nitrogens with zero attached hydrogens (tertiary/aromatic N) is 4. The van der Waals surface area contributed by atoms with Gasteiger partial charge in [-0.2, -0.15) is 0 Å². The Bertz CT molecular complexity index is 578. The molecule has 0 radical (unpaired) electrons. The Morgan fingerprint density at radius 3 is 2.89 bits per heavy atom. The van der Waals surface area contributed by atoms with Gasteiger partial charge in [-0.25, -0.2) is 9.97 Å². The van der Waals surface area contributed by atoms with Crippen molar-refractivity contribution >= 4 is 11.7 Å². The molecule has 1 aliphatic rings. The number of fused-ring (bicyclic) bond motifs is 1. The summed E-state index contributed by atoms with van der Waals surface area (Å²) in [7, 11) is 0. The molecule has 0 spiro atoms. The summed E-state index contributed by atoms with van der Waals surface area (Å²) >= 11 is 0. The quantitative estimate of drug-likeness (QED) is 0.767. The second-order valence-corrected chi connectivity index (χ2v) is 4.80. The highest BCUT2D eigenvalue weighted by Crippen LogP contribution is 2.27. The molecule has 1 saturated heterocycles. The first-order valence-corrected chi connectivity index (χ1v) is 6.49. The van der Waals surface area contributed by atoms with Crippen LogP contribution in [0.5, 0.6) is 0 Å². The Balaban J connectivity index is 1.74. The first-order valence-electron chi connectivity index (χ1n) is 6.49. The van der Waals surface area contributed by atoms with Crippen molar-refractivity contribution in [2.75, 3.05) is 13.1 Å². The standard InChI is InChI=1S/C14H16N4O/c1-2-13(19)17-8-4-11(5-9-17)12-10-18-7-3-6-15-14(18)16-12/h2-3,6-7,10-11H,1,4-5,8-9H2. The minimum absolute atomic E-state index is 0.0233. The molecule has 1 fully saturated rings. The summed E-state index contributed by atoms with van der Waals surface area (Å²) in [6.45, 7) is 5.08. The van der Waals surface area contributed by atoms with Gasteiger partial charge in [-0.3, -0.25) is 9.20 Å². The van der Waals surface area contributed by atoms with Crippen molar-refractivity contribution in [2.24, 2.45) is 0 Å². The molecule has 1 amide bonds. The van der Waals surface area contributed by atoms with Gasteiger partial charge in [0.15, 0.2) is 0 Å². The second-order valence-electron chi connectivity index (χ2n) is 4.80. The van der Waals surface area contributed by atoms with Crippen molar-refractivity contribution < 1.29 is 4.79 Å². The fourth-order valence-electron chi connectivity index (χ4n) is 2.57. The van der Waals surface area contributed by atoms with Crippen molar-refractivity contribution in [1.29, 1.82) is 0 Å². The van der Waals surface area contributed by atoms with Crippen molar-refractivity contribution in [3.05, 3.63) is 43.0 Å². The highest BCUT2D eigenvalue weighted by Gasteiger charge is 2.24. The molecule has 0 unspecified atom stereocenters. The van der Waals surface area contributed by atoms with E-state index >= 15 is 0 Å². The van der Waals surface area contributed by atoms with Crippen molar-refractivity contribution in [3.63, 3.8) is 0 Å². The zero-order valence-corrected chi connectivity index (χ0v) is 10.7. The Kier molecular flexibility index (Phi) is 3.03. The summed E-state index contributed by atoms with van der Waals surface area (Å²) in [5.74, 6) is 1.17. The van der Waals surface area contributed by atoms with Gasteiger partial charge in [0.2, 0.25) is 11.7 Å². The summed E-state index contributed by atoms with van der Waals surface area (Å²) in [5.41, 5.74) is 1.07. The molecule has 5 heteroatoms. The molecule has 0 aliphatic carbocycles. The van der Waals surface area contributed by atoms with Crippen LogP contribution in [0.4, 0.5) is 0 Å². The second kappa shape index (κ2) is 4.84. The number of rotatable bonds is 2. The topological polar surface area (TPSA) is 50.5 Å². The van der Waals surface area contributed by atoms with E-state index in [1.807, 2.05) is 27.8 Å². The highest BCUT2D eigenvalue weighted by atomic mass is 16.2. The zero-order chi connectivity index (χ0) is 13.2. The fraction of sp³-hybridized carbons (Fsp3) is 0.357. The number of aromatic nitrogens is 3. The minimum Gasteiger partial charge on any atom is -0.339 e.